The van der Waals surface area contributed by atoms with Crippen LogP contribution in [-0.2, 0) is 11.2 Å². The number of benzene rings is 1. The second-order valence-electron chi connectivity index (χ2n) is 7.93. The first kappa shape index (κ1) is 19.5. The zero-order valence-corrected chi connectivity index (χ0v) is 18.1. The van der Waals surface area contributed by atoms with Crippen LogP contribution >= 0.6 is 11.3 Å². The summed E-state index contributed by atoms with van der Waals surface area (Å²) in [4.78, 5) is 18.6. The highest BCUT2D eigenvalue weighted by Crippen LogP contribution is 2.32. The number of aromatic nitrogens is 3. The summed E-state index contributed by atoms with van der Waals surface area (Å²) in [5.41, 5.74) is 2.22. The summed E-state index contributed by atoms with van der Waals surface area (Å²) < 4.78 is 10.8. The van der Waals surface area contributed by atoms with Gasteiger partial charge in [-0.3, -0.25) is 0 Å². The standard InChI is InChI=1S/C22H27N5O2S/c1-28-21-13-23-20(30-21)11-16-3-2-6-27(14-16)22-18-5-4-17(12-19(18)24-15-25-22)26-7-9-29-10-8-26/h4-5,12-13,15-16H,2-3,6-11,14H2,1H3. The molecular formula is C22H27N5O2S. The molecule has 0 bridgehead atoms. The molecule has 158 valence electrons. The Balaban J connectivity index is 1.35. The average Bonchev–Trinajstić information content (AvgIpc) is 3.26. The number of methoxy groups -OCH3 is 1. The normalized spacial score (nSPS) is 20.0. The lowest BCUT2D eigenvalue weighted by Crippen LogP contribution is -2.37. The Morgan fingerprint density at radius 1 is 1.13 bits per heavy atom. The van der Waals surface area contributed by atoms with Crippen LogP contribution in [0, 0.1) is 5.92 Å². The molecule has 7 nitrogen and oxygen atoms in total. The highest BCUT2D eigenvalue weighted by atomic mass is 32.1. The number of piperidine rings is 1. The van der Waals surface area contributed by atoms with Crippen molar-refractivity contribution in [3.63, 3.8) is 0 Å². The molecule has 30 heavy (non-hydrogen) atoms. The van der Waals surface area contributed by atoms with Crippen LogP contribution in [0.3, 0.4) is 0 Å². The fourth-order valence-electron chi connectivity index (χ4n) is 4.45. The van der Waals surface area contributed by atoms with Crippen molar-refractivity contribution < 1.29 is 9.47 Å². The van der Waals surface area contributed by atoms with Crippen molar-refractivity contribution in [1.82, 2.24) is 15.0 Å². The minimum absolute atomic E-state index is 0.576. The molecule has 4 heterocycles. The predicted molar refractivity (Wildman–Crippen MR) is 120 cm³/mol. The van der Waals surface area contributed by atoms with Gasteiger partial charge in [-0.25, -0.2) is 15.0 Å². The summed E-state index contributed by atoms with van der Waals surface area (Å²) in [5, 5.41) is 3.17. The molecule has 0 spiro atoms. The zero-order chi connectivity index (χ0) is 20.3. The molecule has 3 aromatic rings. The van der Waals surface area contributed by atoms with E-state index < -0.39 is 0 Å². The maximum absolute atomic E-state index is 5.48. The van der Waals surface area contributed by atoms with Gasteiger partial charge in [0.2, 0.25) is 0 Å². The van der Waals surface area contributed by atoms with E-state index in [0.29, 0.717) is 5.92 Å². The van der Waals surface area contributed by atoms with Gasteiger partial charge in [0.1, 0.15) is 12.1 Å². The number of rotatable bonds is 5. The highest BCUT2D eigenvalue weighted by molar-refractivity contribution is 7.13. The number of fused-ring (bicyclic) bond motifs is 1. The summed E-state index contributed by atoms with van der Waals surface area (Å²) in [7, 11) is 1.70. The lowest BCUT2D eigenvalue weighted by molar-refractivity contribution is 0.122. The van der Waals surface area contributed by atoms with Crippen molar-refractivity contribution in [3.05, 3.63) is 35.7 Å². The lowest BCUT2D eigenvalue weighted by atomic mass is 9.95. The number of hydrogen-bond acceptors (Lipinski definition) is 8. The third-order valence-corrected chi connectivity index (χ3v) is 6.97. The fourth-order valence-corrected chi connectivity index (χ4v) is 5.30. The van der Waals surface area contributed by atoms with E-state index in [1.807, 2.05) is 6.20 Å². The second kappa shape index (κ2) is 8.73. The minimum atomic E-state index is 0.576. The van der Waals surface area contributed by atoms with Crippen molar-refractivity contribution in [2.24, 2.45) is 5.92 Å². The molecule has 0 amide bonds. The third-order valence-electron chi connectivity index (χ3n) is 5.99. The average molecular weight is 426 g/mol. The van der Waals surface area contributed by atoms with Crippen LogP contribution in [-0.4, -0.2) is 61.5 Å². The Bertz CT molecular complexity index is 1000. The molecule has 2 aliphatic heterocycles. The van der Waals surface area contributed by atoms with Crippen molar-refractivity contribution in [3.8, 4) is 5.06 Å². The summed E-state index contributed by atoms with van der Waals surface area (Å²) in [6.07, 6.45) is 6.92. The van der Waals surface area contributed by atoms with E-state index in [0.717, 1.165) is 72.6 Å². The van der Waals surface area contributed by atoms with Gasteiger partial charge in [-0.2, -0.15) is 0 Å². The van der Waals surface area contributed by atoms with Gasteiger partial charge >= 0.3 is 0 Å². The number of ether oxygens (including phenoxy) is 2. The van der Waals surface area contributed by atoms with Crippen molar-refractivity contribution >= 4 is 33.7 Å². The van der Waals surface area contributed by atoms with Gasteiger partial charge in [-0.05, 0) is 37.0 Å². The minimum Gasteiger partial charge on any atom is -0.486 e. The Hall–Kier alpha value is -2.45. The topological polar surface area (TPSA) is 63.6 Å². The molecule has 1 aromatic carbocycles. The van der Waals surface area contributed by atoms with Crippen LogP contribution in [0.2, 0.25) is 0 Å². The van der Waals surface area contributed by atoms with E-state index >= 15 is 0 Å². The van der Waals surface area contributed by atoms with E-state index in [2.05, 4.69) is 43.0 Å². The molecule has 5 rings (SSSR count). The summed E-state index contributed by atoms with van der Waals surface area (Å²) in [5.74, 6) is 1.63. The fraction of sp³-hybridized carbons (Fsp3) is 0.500. The van der Waals surface area contributed by atoms with E-state index in [-0.39, 0.29) is 0 Å². The van der Waals surface area contributed by atoms with Crippen LogP contribution in [0.1, 0.15) is 17.8 Å². The maximum atomic E-state index is 5.48. The summed E-state index contributed by atoms with van der Waals surface area (Å²) >= 11 is 1.65. The first-order valence-corrected chi connectivity index (χ1v) is 11.4. The molecule has 2 saturated heterocycles. The van der Waals surface area contributed by atoms with Crippen LogP contribution in [0.25, 0.3) is 10.9 Å². The molecule has 0 saturated carbocycles. The number of morpholine rings is 1. The van der Waals surface area contributed by atoms with Gasteiger partial charge in [0.05, 0.1) is 37.0 Å². The summed E-state index contributed by atoms with van der Waals surface area (Å²) in [6, 6.07) is 6.57. The SMILES string of the molecule is COc1cnc(CC2CCCN(c3ncnc4cc(N5CCOCC5)ccc34)C2)s1. The van der Waals surface area contributed by atoms with Gasteiger partial charge in [0, 0.05) is 43.7 Å². The molecule has 0 N–H and O–H groups in total. The largest absolute Gasteiger partial charge is 0.486 e. The Morgan fingerprint density at radius 3 is 2.87 bits per heavy atom. The van der Waals surface area contributed by atoms with Gasteiger partial charge in [-0.15, -0.1) is 0 Å². The molecule has 2 aromatic heterocycles. The predicted octanol–water partition coefficient (Wildman–Crippen LogP) is 3.39. The number of anilines is 2. The van der Waals surface area contributed by atoms with Gasteiger partial charge in [0.25, 0.3) is 0 Å². The van der Waals surface area contributed by atoms with Gasteiger partial charge in [-0.1, -0.05) is 11.3 Å². The smallest absolute Gasteiger partial charge is 0.193 e. The quantitative estimate of drug-likeness (QED) is 0.621. The second-order valence-corrected chi connectivity index (χ2v) is 9.01. The lowest BCUT2D eigenvalue weighted by Gasteiger charge is -2.34. The Kier molecular flexibility index (Phi) is 5.68. The zero-order valence-electron chi connectivity index (χ0n) is 17.3. The van der Waals surface area contributed by atoms with Gasteiger partial charge < -0.3 is 19.3 Å². The third kappa shape index (κ3) is 4.06. The molecular weight excluding hydrogens is 398 g/mol. The number of hydrogen-bond donors (Lipinski definition) is 0. The highest BCUT2D eigenvalue weighted by Gasteiger charge is 2.24. The van der Waals surface area contributed by atoms with E-state index in [1.165, 1.54) is 18.5 Å². The molecule has 0 aliphatic carbocycles. The van der Waals surface area contributed by atoms with Gasteiger partial charge in [0.15, 0.2) is 5.06 Å². The number of nitrogens with zero attached hydrogens (tertiary/aromatic N) is 5. The maximum Gasteiger partial charge on any atom is 0.193 e. The Morgan fingerprint density at radius 2 is 2.03 bits per heavy atom. The van der Waals surface area contributed by atoms with E-state index in [9.17, 15) is 0 Å². The molecule has 1 atom stereocenters. The van der Waals surface area contributed by atoms with Crippen LogP contribution in [0.4, 0.5) is 11.5 Å². The molecule has 1 unspecified atom stereocenters. The molecule has 8 heteroatoms. The molecule has 2 aliphatic rings. The van der Waals surface area contributed by atoms with Crippen molar-refractivity contribution in [1.29, 1.82) is 0 Å². The first-order valence-electron chi connectivity index (χ1n) is 10.6. The van der Waals surface area contributed by atoms with Crippen molar-refractivity contribution in [2.45, 2.75) is 19.3 Å². The molecule has 2 fully saturated rings. The van der Waals surface area contributed by atoms with Crippen molar-refractivity contribution in [2.75, 3.05) is 56.3 Å². The Labute approximate surface area is 180 Å². The first-order chi connectivity index (χ1) is 14.8. The summed E-state index contributed by atoms with van der Waals surface area (Å²) in [6.45, 7) is 5.46. The van der Waals surface area contributed by atoms with E-state index in [1.54, 1.807) is 24.8 Å². The van der Waals surface area contributed by atoms with E-state index in [4.69, 9.17) is 9.47 Å². The number of thiazole rings is 1. The van der Waals surface area contributed by atoms with Crippen LogP contribution in [0.15, 0.2) is 30.7 Å². The monoisotopic (exact) mass is 425 g/mol. The van der Waals surface area contributed by atoms with Crippen LogP contribution in [0.5, 0.6) is 5.06 Å². The molecule has 0 radical (unpaired) electrons. The van der Waals surface area contributed by atoms with Crippen LogP contribution < -0.4 is 14.5 Å².